The van der Waals surface area contributed by atoms with Crippen molar-refractivity contribution in [3.8, 4) is 0 Å². The van der Waals surface area contributed by atoms with Crippen LogP contribution in [0.15, 0.2) is 36.0 Å². The third kappa shape index (κ3) is 9.95. The van der Waals surface area contributed by atoms with Crippen LogP contribution >= 0.6 is 0 Å². The molecule has 0 unspecified atom stereocenters. The molecule has 0 aromatic rings. The second-order valence-corrected chi connectivity index (χ2v) is 11.4. The minimum absolute atomic E-state index is 0.105. The molecular formula is C30H48O8. The van der Waals surface area contributed by atoms with E-state index in [9.17, 15) is 24.9 Å². The van der Waals surface area contributed by atoms with Gasteiger partial charge in [-0.15, -0.1) is 0 Å². The first kappa shape index (κ1) is 32.2. The monoisotopic (exact) mass is 536 g/mol. The number of ether oxygens (including phenoxy) is 3. The van der Waals surface area contributed by atoms with E-state index in [-0.39, 0.29) is 55.3 Å². The predicted molar refractivity (Wildman–Crippen MR) is 145 cm³/mol. The van der Waals surface area contributed by atoms with E-state index in [1.807, 2.05) is 39.8 Å². The number of aliphatic hydroxyl groups excluding tert-OH is 2. The summed E-state index contributed by atoms with van der Waals surface area (Å²) >= 11 is 0. The summed E-state index contributed by atoms with van der Waals surface area (Å²) < 4.78 is 16.9. The van der Waals surface area contributed by atoms with E-state index < -0.39 is 35.9 Å². The number of cyclic esters (lactones) is 1. The average Bonchev–Trinajstić information content (AvgIpc) is 3.60. The smallest absolute Gasteiger partial charge is 0.309 e. The zero-order valence-electron chi connectivity index (χ0n) is 24.0. The molecule has 0 saturated carbocycles. The fourth-order valence-electron chi connectivity index (χ4n) is 4.97. The first-order valence-corrected chi connectivity index (χ1v) is 13.9. The topological polar surface area (TPSA) is 126 Å². The molecule has 2 rings (SSSR count). The fraction of sp³-hybridized carbons (Fsp3) is 0.733. The van der Waals surface area contributed by atoms with Crippen LogP contribution in [0, 0.1) is 17.8 Å². The lowest BCUT2D eigenvalue weighted by molar-refractivity contribution is -0.157. The maximum Gasteiger partial charge on any atom is 0.309 e. The van der Waals surface area contributed by atoms with Gasteiger partial charge in [-0.3, -0.25) is 9.59 Å². The first-order chi connectivity index (χ1) is 17.7. The molecule has 0 aromatic carbocycles. The number of rotatable bonds is 9. The van der Waals surface area contributed by atoms with Crippen molar-refractivity contribution in [3.05, 3.63) is 36.0 Å². The third-order valence-electron chi connectivity index (χ3n) is 7.63. The van der Waals surface area contributed by atoms with Crippen molar-refractivity contribution >= 4 is 11.9 Å². The maximum absolute atomic E-state index is 12.6. The largest absolute Gasteiger partial charge is 0.457 e. The Labute approximate surface area is 227 Å². The van der Waals surface area contributed by atoms with Gasteiger partial charge in [-0.25, -0.2) is 0 Å². The van der Waals surface area contributed by atoms with Crippen molar-refractivity contribution in [2.24, 2.45) is 17.8 Å². The van der Waals surface area contributed by atoms with Crippen LogP contribution in [0.2, 0.25) is 0 Å². The Morgan fingerprint density at radius 1 is 1.29 bits per heavy atom. The van der Waals surface area contributed by atoms with Crippen molar-refractivity contribution < 1.29 is 39.1 Å². The number of hydrogen-bond acceptors (Lipinski definition) is 8. The van der Waals surface area contributed by atoms with Crippen molar-refractivity contribution in [3.63, 3.8) is 0 Å². The van der Waals surface area contributed by atoms with Crippen molar-refractivity contribution in [1.82, 2.24) is 0 Å². The molecule has 0 amide bonds. The van der Waals surface area contributed by atoms with Crippen LogP contribution in [-0.2, 0) is 23.8 Å². The van der Waals surface area contributed by atoms with Gasteiger partial charge >= 0.3 is 11.9 Å². The lowest BCUT2D eigenvalue weighted by atomic mass is 9.88. The number of epoxide rings is 1. The summed E-state index contributed by atoms with van der Waals surface area (Å²) in [5.74, 6) is -0.921. The summed E-state index contributed by atoms with van der Waals surface area (Å²) in [5, 5.41) is 31.3. The third-order valence-corrected chi connectivity index (χ3v) is 7.63. The summed E-state index contributed by atoms with van der Waals surface area (Å²) in [6, 6.07) is 0. The molecule has 10 atom stereocenters. The summed E-state index contributed by atoms with van der Waals surface area (Å²) in [6.07, 6.45) is 8.50. The lowest BCUT2D eigenvalue weighted by Gasteiger charge is -2.32. The Morgan fingerprint density at radius 2 is 1.97 bits per heavy atom. The first-order valence-electron chi connectivity index (χ1n) is 13.9. The van der Waals surface area contributed by atoms with Crippen molar-refractivity contribution in [2.75, 3.05) is 0 Å². The number of allylic oxidation sites excluding steroid dienone is 3. The number of carbonyl (C=O) groups excluding carboxylic acids is 2. The zero-order chi connectivity index (χ0) is 28.6. The van der Waals surface area contributed by atoms with Crippen LogP contribution in [0.1, 0.15) is 80.6 Å². The van der Waals surface area contributed by atoms with Crippen molar-refractivity contribution in [2.45, 2.75) is 123 Å². The standard InChI is InChI=1S/C30H48O8/c1-8-24(33)21(5)29-25(37-29)16-18(2)10-9-11-19(3)28-20(4)12-13-26(36-22(6)31)30(7,35)15-14-23(32)17-27(34)38-28/h9-13,18,20-21,23-26,28-29,32-33,35H,8,14-17H2,1-7H3/b10-9+,13-12+,19-11+/t18-,20-,21+,23+,24-,25-,26-,28-,29+,30+/m0/s1. The summed E-state index contributed by atoms with van der Waals surface area (Å²) in [6.45, 7) is 12.7. The summed E-state index contributed by atoms with van der Waals surface area (Å²) in [5.41, 5.74) is -0.580. The molecule has 0 spiro atoms. The Hall–Kier alpha value is -2.00. The average molecular weight is 537 g/mol. The molecule has 0 aliphatic carbocycles. The minimum atomic E-state index is -1.40. The van der Waals surface area contributed by atoms with Gasteiger partial charge in [-0.05, 0) is 57.1 Å². The second-order valence-electron chi connectivity index (χ2n) is 11.4. The Morgan fingerprint density at radius 3 is 2.61 bits per heavy atom. The van der Waals surface area contributed by atoms with Gasteiger partial charge in [0.15, 0.2) is 0 Å². The molecule has 0 bridgehead atoms. The molecule has 3 N–H and O–H groups in total. The van der Waals surface area contributed by atoms with Crippen LogP contribution in [-0.4, -0.2) is 69.5 Å². The lowest BCUT2D eigenvalue weighted by Crippen LogP contribution is -2.42. The van der Waals surface area contributed by atoms with Gasteiger partial charge in [0.25, 0.3) is 0 Å². The molecule has 8 nitrogen and oxygen atoms in total. The van der Waals surface area contributed by atoms with Gasteiger partial charge < -0.3 is 29.5 Å². The van der Waals surface area contributed by atoms with E-state index in [1.54, 1.807) is 19.1 Å². The molecule has 2 aliphatic heterocycles. The molecule has 2 aliphatic rings. The highest BCUT2D eigenvalue weighted by Crippen LogP contribution is 2.36. The Balaban J connectivity index is 2.12. The van der Waals surface area contributed by atoms with Crippen LogP contribution < -0.4 is 0 Å². The van der Waals surface area contributed by atoms with Gasteiger partial charge in [-0.1, -0.05) is 52.0 Å². The highest BCUT2D eigenvalue weighted by Gasteiger charge is 2.45. The van der Waals surface area contributed by atoms with E-state index in [0.717, 1.165) is 18.4 Å². The van der Waals surface area contributed by atoms with Crippen LogP contribution in [0.4, 0.5) is 0 Å². The highest BCUT2D eigenvalue weighted by molar-refractivity contribution is 5.70. The highest BCUT2D eigenvalue weighted by atomic mass is 16.6. The second kappa shape index (κ2) is 14.4. The molecular weight excluding hydrogens is 488 g/mol. The molecule has 2 heterocycles. The molecule has 0 radical (unpaired) electrons. The molecule has 0 aromatic heterocycles. The van der Waals surface area contributed by atoms with Crippen LogP contribution in [0.5, 0.6) is 0 Å². The van der Waals surface area contributed by atoms with Crippen molar-refractivity contribution in [1.29, 1.82) is 0 Å². The minimum Gasteiger partial charge on any atom is -0.457 e. The summed E-state index contributed by atoms with van der Waals surface area (Å²) in [7, 11) is 0. The molecule has 216 valence electrons. The molecule has 1 fully saturated rings. The normalized spacial score (nSPS) is 36.4. The SMILES string of the molecule is CC[C@H](O)[C@@H](C)[C@H]1O[C@H]1C[C@@H](C)/C=C/C=C(\C)[C@@H]1OC(=O)C[C@H](O)CC[C@@](C)(O)[C@@H](OC(C)=O)/C=C/[C@@H]1C. The maximum atomic E-state index is 12.6. The Bertz CT molecular complexity index is 875. The van der Waals surface area contributed by atoms with Gasteiger partial charge in [0.1, 0.15) is 17.8 Å². The van der Waals surface area contributed by atoms with E-state index in [2.05, 4.69) is 13.0 Å². The van der Waals surface area contributed by atoms with E-state index in [0.29, 0.717) is 0 Å². The molecule has 1 saturated heterocycles. The van der Waals surface area contributed by atoms with E-state index >= 15 is 0 Å². The number of carbonyl (C=O) groups is 2. The van der Waals surface area contributed by atoms with Gasteiger partial charge in [0.2, 0.25) is 0 Å². The molecule has 8 heteroatoms. The van der Waals surface area contributed by atoms with Crippen LogP contribution in [0.3, 0.4) is 0 Å². The quantitative estimate of drug-likeness (QED) is 0.175. The number of aliphatic hydroxyl groups is 3. The van der Waals surface area contributed by atoms with Gasteiger partial charge in [0, 0.05) is 18.8 Å². The zero-order valence-corrected chi connectivity index (χ0v) is 24.0. The number of esters is 2. The molecule has 38 heavy (non-hydrogen) atoms. The van der Waals surface area contributed by atoms with E-state index in [4.69, 9.17) is 14.2 Å². The predicted octanol–water partition coefficient (Wildman–Crippen LogP) is 4.02. The van der Waals surface area contributed by atoms with Gasteiger partial charge in [-0.2, -0.15) is 0 Å². The van der Waals surface area contributed by atoms with E-state index in [1.165, 1.54) is 6.92 Å². The number of hydrogen-bond donors (Lipinski definition) is 3. The summed E-state index contributed by atoms with van der Waals surface area (Å²) in [4.78, 5) is 24.2. The van der Waals surface area contributed by atoms with Gasteiger partial charge in [0.05, 0.1) is 30.8 Å². The van der Waals surface area contributed by atoms with Crippen LogP contribution in [0.25, 0.3) is 0 Å². The Kier molecular flexibility index (Phi) is 12.2. The fourth-order valence-corrected chi connectivity index (χ4v) is 4.97.